The molecule has 1 atom stereocenters. The number of benzene rings is 1. The van der Waals surface area contributed by atoms with Crippen LogP contribution in [-0.2, 0) is 10.0 Å². The Hall–Kier alpha value is -2.18. The maximum absolute atomic E-state index is 13.0. The van der Waals surface area contributed by atoms with Crippen molar-refractivity contribution in [3.63, 3.8) is 0 Å². The van der Waals surface area contributed by atoms with Crippen LogP contribution in [0, 0.1) is 0 Å². The van der Waals surface area contributed by atoms with E-state index in [0.29, 0.717) is 12.1 Å². The fourth-order valence-electron chi connectivity index (χ4n) is 3.10. The normalized spacial score (nSPS) is 19.4. The molecule has 3 heterocycles. The first-order valence-electron chi connectivity index (χ1n) is 7.57. The van der Waals surface area contributed by atoms with Crippen molar-refractivity contribution in [3.05, 3.63) is 60.4 Å². The topological polar surface area (TPSA) is 63.4 Å². The molecule has 0 N–H and O–H groups in total. The van der Waals surface area contributed by atoms with E-state index in [9.17, 15) is 8.42 Å². The van der Waals surface area contributed by atoms with Crippen molar-refractivity contribution in [2.45, 2.75) is 24.0 Å². The van der Waals surface area contributed by atoms with E-state index < -0.39 is 10.0 Å². The van der Waals surface area contributed by atoms with Crippen LogP contribution in [0.25, 0.3) is 11.0 Å². The third-order valence-electron chi connectivity index (χ3n) is 4.20. The van der Waals surface area contributed by atoms with Crippen molar-refractivity contribution in [1.82, 2.24) is 9.29 Å². The number of pyridine rings is 1. The molecule has 1 saturated heterocycles. The van der Waals surface area contributed by atoms with Gasteiger partial charge in [0.25, 0.3) is 10.0 Å². The summed E-state index contributed by atoms with van der Waals surface area (Å²) in [5, 5.41) is 0.793. The van der Waals surface area contributed by atoms with Crippen LogP contribution in [0.2, 0.25) is 0 Å². The van der Waals surface area contributed by atoms with Gasteiger partial charge < -0.3 is 4.42 Å². The largest absolute Gasteiger partial charge is 0.443 e. The molecule has 23 heavy (non-hydrogen) atoms. The van der Waals surface area contributed by atoms with Gasteiger partial charge in [0.05, 0.1) is 11.7 Å². The predicted molar refractivity (Wildman–Crippen MR) is 86.3 cm³/mol. The molecular formula is C17H16N2O3S. The van der Waals surface area contributed by atoms with Crippen LogP contribution in [0.15, 0.2) is 64.2 Å². The molecule has 4 rings (SSSR count). The van der Waals surface area contributed by atoms with Crippen molar-refractivity contribution < 1.29 is 12.8 Å². The van der Waals surface area contributed by atoms with Gasteiger partial charge in [-0.15, -0.1) is 0 Å². The lowest BCUT2D eigenvalue weighted by atomic mass is 10.1. The summed E-state index contributed by atoms with van der Waals surface area (Å²) in [6, 6.07) is 14.3. The van der Waals surface area contributed by atoms with E-state index in [0.717, 1.165) is 23.9 Å². The van der Waals surface area contributed by atoms with Gasteiger partial charge in [0.1, 0.15) is 5.58 Å². The van der Waals surface area contributed by atoms with E-state index in [-0.39, 0.29) is 11.1 Å². The number of para-hydroxylation sites is 1. The van der Waals surface area contributed by atoms with Crippen LogP contribution in [-0.4, -0.2) is 24.3 Å². The first kappa shape index (κ1) is 14.4. The highest BCUT2D eigenvalue weighted by Crippen LogP contribution is 2.36. The number of sulfonamides is 1. The summed E-state index contributed by atoms with van der Waals surface area (Å²) in [5.74, 6) is 0. The molecule has 1 fully saturated rings. The highest BCUT2D eigenvalue weighted by Gasteiger charge is 2.38. The Morgan fingerprint density at radius 1 is 1.13 bits per heavy atom. The summed E-state index contributed by atoms with van der Waals surface area (Å²) >= 11 is 0. The fraction of sp³-hybridized carbons (Fsp3) is 0.235. The van der Waals surface area contributed by atoms with Gasteiger partial charge in [0, 0.05) is 24.2 Å². The van der Waals surface area contributed by atoms with Gasteiger partial charge in [-0.1, -0.05) is 24.3 Å². The van der Waals surface area contributed by atoms with E-state index in [4.69, 9.17) is 4.42 Å². The second-order valence-corrected chi connectivity index (χ2v) is 7.45. The summed E-state index contributed by atoms with van der Waals surface area (Å²) in [7, 11) is -3.67. The Kier molecular flexibility index (Phi) is 3.43. The van der Waals surface area contributed by atoms with Crippen LogP contribution in [0.5, 0.6) is 0 Å². The van der Waals surface area contributed by atoms with Gasteiger partial charge in [0.15, 0.2) is 0 Å². The predicted octanol–water partition coefficient (Wildman–Crippen LogP) is 3.35. The fourth-order valence-corrected chi connectivity index (χ4v) is 4.72. The molecule has 0 unspecified atom stereocenters. The summed E-state index contributed by atoms with van der Waals surface area (Å²) in [6.45, 7) is 0.487. The summed E-state index contributed by atoms with van der Waals surface area (Å²) < 4.78 is 33.1. The average molecular weight is 328 g/mol. The zero-order valence-electron chi connectivity index (χ0n) is 12.4. The van der Waals surface area contributed by atoms with Crippen LogP contribution < -0.4 is 0 Å². The number of aromatic nitrogens is 1. The number of rotatable bonds is 3. The first-order valence-corrected chi connectivity index (χ1v) is 9.01. The highest BCUT2D eigenvalue weighted by atomic mass is 32.2. The number of hydrogen-bond acceptors (Lipinski definition) is 4. The molecule has 0 amide bonds. The average Bonchev–Trinajstić information content (AvgIpc) is 3.23. The van der Waals surface area contributed by atoms with Crippen molar-refractivity contribution in [2.75, 3.05) is 6.54 Å². The first-order chi connectivity index (χ1) is 11.2. The summed E-state index contributed by atoms with van der Waals surface area (Å²) in [6.07, 6.45) is 3.29. The SMILES string of the molecule is O=S(=O)(c1cc2ccccc2o1)N1CCC[C@@H]1c1ccccn1. The smallest absolute Gasteiger partial charge is 0.277 e. The Morgan fingerprint density at radius 2 is 1.96 bits per heavy atom. The lowest BCUT2D eigenvalue weighted by Crippen LogP contribution is -2.30. The Labute approximate surface area is 134 Å². The number of furan rings is 1. The maximum atomic E-state index is 13.0. The molecule has 0 radical (unpaired) electrons. The molecule has 0 aliphatic carbocycles. The Balaban J connectivity index is 1.75. The molecule has 1 aliphatic rings. The third-order valence-corrected chi connectivity index (χ3v) is 5.96. The van der Waals surface area contributed by atoms with Gasteiger partial charge in [-0.2, -0.15) is 4.31 Å². The molecule has 5 nitrogen and oxygen atoms in total. The minimum absolute atomic E-state index is 0.00142. The lowest BCUT2D eigenvalue weighted by molar-refractivity contribution is 0.370. The van der Waals surface area contributed by atoms with Gasteiger partial charge in [-0.25, -0.2) is 8.42 Å². The quantitative estimate of drug-likeness (QED) is 0.739. The summed E-state index contributed by atoms with van der Waals surface area (Å²) in [4.78, 5) is 4.32. The molecule has 0 saturated carbocycles. The molecule has 118 valence electrons. The van der Waals surface area contributed by atoms with Gasteiger partial charge in [0.2, 0.25) is 5.09 Å². The van der Waals surface area contributed by atoms with E-state index in [2.05, 4.69) is 4.98 Å². The van der Waals surface area contributed by atoms with Gasteiger partial charge >= 0.3 is 0 Å². The molecule has 3 aromatic rings. The van der Waals surface area contributed by atoms with E-state index >= 15 is 0 Å². The van der Waals surface area contributed by atoms with E-state index in [1.165, 1.54) is 4.31 Å². The lowest BCUT2D eigenvalue weighted by Gasteiger charge is -2.22. The zero-order valence-corrected chi connectivity index (χ0v) is 13.2. The molecular weight excluding hydrogens is 312 g/mol. The number of fused-ring (bicyclic) bond motifs is 1. The van der Waals surface area contributed by atoms with Crippen molar-refractivity contribution in [3.8, 4) is 0 Å². The van der Waals surface area contributed by atoms with Gasteiger partial charge in [-0.3, -0.25) is 4.98 Å². The minimum atomic E-state index is -3.67. The molecule has 1 aromatic carbocycles. The van der Waals surface area contributed by atoms with Crippen LogP contribution >= 0.6 is 0 Å². The molecule has 0 spiro atoms. The van der Waals surface area contributed by atoms with Gasteiger partial charge in [-0.05, 0) is 31.0 Å². The maximum Gasteiger partial charge on any atom is 0.277 e. The highest BCUT2D eigenvalue weighted by molar-refractivity contribution is 7.89. The molecule has 1 aliphatic heterocycles. The minimum Gasteiger partial charge on any atom is -0.443 e. The standard InChI is InChI=1S/C17H16N2O3S/c20-23(21,17-12-13-6-1-2-9-16(13)22-17)19-11-5-8-15(19)14-7-3-4-10-18-14/h1-4,6-7,9-10,12,15H,5,8,11H2/t15-/m1/s1. The Morgan fingerprint density at radius 3 is 2.74 bits per heavy atom. The monoisotopic (exact) mass is 328 g/mol. The van der Waals surface area contributed by atoms with Crippen LogP contribution in [0.3, 0.4) is 0 Å². The van der Waals surface area contributed by atoms with E-state index in [1.807, 2.05) is 36.4 Å². The third kappa shape index (κ3) is 2.44. The van der Waals surface area contributed by atoms with E-state index in [1.54, 1.807) is 18.3 Å². The molecule has 0 bridgehead atoms. The molecule has 2 aromatic heterocycles. The number of nitrogens with zero attached hydrogens (tertiary/aromatic N) is 2. The van der Waals surface area contributed by atoms with Crippen molar-refractivity contribution in [1.29, 1.82) is 0 Å². The van der Waals surface area contributed by atoms with Crippen LogP contribution in [0.4, 0.5) is 0 Å². The second-order valence-electron chi connectivity index (χ2n) is 5.63. The Bertz CT molecular complexity index is 902. The zero-order chi connectivity index (χ0) is 15.9. The van der Waals surface area contributed by atoms with Crippen molar-refractivity contribution in [2.24, 2.45) is 0 Å². The molecule has 6 heteroatoms. The second kappa shape index (κ2) is 5.47. The van der Waals surface area contributed by atoms with Crippen LogP contribution in [0.1, 0.15) is 24.6 Å². The summed E-state index contributed by atoms with van der Waals surface area (Å²) in [5.41, 5.74) is 1.37. The van der Waals surface area contributed by atoms with Crippen molar-refractivity contribution >= 4 is 21.0 Å². The number of hydrogen-bond donors (Lipinski definition) is 0.